The lowest BCUT2D eigenvalue weighted by molar-refractivity contribution is 0.0602. The number of amides is 1. The first-order valence-corrected chi connectivity index (χ1v) is 7.45. The molecular formula is C16H17NO3S. The summed E-state index contributed by atoms with van der Waals surface area (Å²) in [5, 5.41) is 2.78. The van der Waals surface area contributed by atoms with E-state index in [9.17, 15) is 9.59 Å². The van der Waals surface area contributed by atoms with Crippen molar-refractivity contribution in [2.75, 3.05) is 12.4 Å². The molecule has 0 aliphatic heterocycles. The molecule has 1 aromatic carbocycles. The maximum Gasteiger partial charge on any atom is 0.339 e. The zero-order valence-electron chi connectivity index (χ0n) is 12.2. The molecular weight excluding hydrogens is 286 g/mol. The largest absolute Gasteiger partial charge is 0.465 e. The van der Waals surface area contributed by atoms with E-state index in [4.69, 9.17) is 4.74 Å². The Labute approximate surface area is 127 Å². The summed E-state index contributed by atoms with van der Waals surface area (Å²) >= 11 is 1.46. The van der Waals surface area contributed by atoms with E-state index in [1.807, 2.05) is 26.0 Å². The predicted octanol–water partition coefficient (Wildman–Crippen LogP) is 3.66. The summed E-state index contributed by atoms with van der Waals surface area (Å²) < 4.78 is 4.75. The van der Waals surface area contributed by atoms with Crippen molar-refractivity contribution in [1.82, 2.24) is 0 Å². The van der Waals surface area contributed by atoms with E-state index in [2.05, 4.69) is 5.32 Å². The highest BCUT2D eigenvalue weighted by Gasteiger charge is 2.16. The van der Waals surface area contributed by atoms with Crippen LogP contribution in [0.2, 0.25) is 0 Å². The average Bonchev–Trinajstić information content (AvgIpc) is 2.97. The van der Waals surface area contributed by atoms with E-state index >= 15 is 0 Å². The number of carbonyl (C=O) groups is 2. The third kappa shape index (κ3) is 3.49. The van der Waals surface area contributed by atoms with Gasteiger partial charge in [0, 0.05) is 4.88 Å². The van der Waals surface area contributed by atoms with Crippen LogP contribution in [0.1, 0.15) is 37.4 Å². The minimum absolute atomic E-state index is 0.214. The summed E-state index contributed by atoms with van der Waals surface area (Å²) in [5.74, 6) is -0.678. The Balaban J connectivity index is 2.26. The van der Waals surface area contributed by atoms with Crippen molar-refractivity contribution in [3.63, 3.8) is 0 Å². The maximum atomic E-state index is 12.2. The number of aryl methyl sites for hydroxylation is 2. The highest BCUT2D eigenvalue weighted by atomic mass is 32.1. The summed E-state index contributed by atoms with van der Waals surface area (Å²) in [6, 6.07) is 9.00. The smallest absolute Gasteiger partial charge is 0.339 e. The summed E-state index contributed by atoms with van der Waals surface area (Å²) in [6.07, 6.45) is 0.899. The highest BCUT2D eigenvalue weighted by Crippen LogP contribution is 2.22. The molecule has 2 aromatic rings. The number of nitrogens with one attached hydrogen (secondary N) is 1. The number of ether oxygens (including phenoxy) is 1. The lowest BCUT2D eigenvalue weighted by Gasteiger charge is -2.10. The Morgan fingerprint density at radius 3 is 2.62 bits per heavy atom. The molecule has 4 nitrogen and oxygen atoms in total. The van der Waals surface area contributed by atoms with Gasteiger partial charge in [0.15, 0.2) is 0 Å². The van der Waals surface area contributed by atoms with E-state index in [-0.39, 0.29) is 5.91 Å². The lowest BCUT2D eigenvalue weighted by Crippen LogP contribution is -2.14. The summed E-state index contributed by atoms with van der Waals surface area (Å²) in [7, 11) is 1.32. The van der Waals surface area contributed by atoms with Gasteiger partial charge >= 0.3 is 5.97 Å². The topological polar surface area (TPSA) is 55.4 Å². The molecule has 0 aliphatic carbocycles. The van der Waals surface area contributed by atoms with E-state index in [1.54, 1.807) is 18.2 Å². The first kappa shape index (κ1) is 15.3. The van der Waals surface area contributed by atoms with Crippen LogP contribution in [0.25, 0.3) is 0 Å². The highest BCUT2D eigenvalue weighted by molar-refractivity contribution is 7.14. The second-order valence-electron chi connectivity index (χ2n) is 4.61. The predicted molar refractivity (Wildman–Crippen MR) is 84.2 cm³/mol. The van der Waals surface area contributed by atoms with Crippen molar-refractivity contribution >= 4 is 28.9 Å². The number of hydrogen-bond donors (Lipinski definition) is 1. The molecule has 1 heterocycles. The average molecular weight is 303 g/mol. The molecule has 0 unspecified atom stereocenters. The molecule has 0 aliphatic rings. The number of esters is 1. The van der Waals surface area contributed by atoms with Crippen molar-refractivity contribution in [2.24, 2.45) is 0 Å². The van der Waals surface area contributed by atoms with Crippen molar-refractivity contribution in [2.45, 2.75) is 20.3 Å². The molecule has 1 N–H and O–H groups in total. The van der Waals surface area contributed by atoms with Crippen LogP contribution in [-0.4, -0.2) is 19.0 Å². The van der Waals surface area contributed by atoms with Gasteiger partial charge in [-0.25, -0.2) is 4.79 Å². The van der Waals surface area contributed by atoms with E-state index in [0.29, 0.717) is 16.1 Å². The molecule has 0 fully saturated rings. The zero-order valence-corrected chi connectivity index (χ0v) is 13.0. The van der Waals surface area contributed by atoms with E-state index in [0.717, 1.165) is 16.9 Å². The van der Waals surface area contributed by atoms with Gasteiger partial charge in [-0.2, -0.15) is 0 Å². The minimum atomic E-state index is -0.463. The zero-order chi connectivity index (χ0) is 15.4. The number of rotatable bonds is 4. The van der Waals surface area contributed by atoms with E-state index < -0.39 is 5.97 Å². The third-order valence-electron chi connectivity index (χ3n) is 3.06. The van der Waals surface area contributed by atoms with Crippen LogP contribution in [0.5, 0.6) is 0 Å². The molecule has 0 bridgehead atoms. The Hall–Kier alpha value is -2.14. The van der Waals surface area contributed by atoms with Gasteiger partial charge in [-0.3, -0.25) is 4.79 Å². The number of carbonyl (C=O) groups excluding carboxylic acids is 2. The summed E-state index contributed by atoms with van der Waals surface area (Å²) in [4.78, 5) is 25.8. The van der Waals surface area contributed by atoms with Gasteiger partial charge in [-0.1, -0.05) is 18.6 Å². The van der Waals surface area contributed by atoms with Gasteiger partial charge in [0.25, 0.3) is 5.91 Å². The second kappa shape index (κ2) is 6.54. The maximum absolute atomic E-state index is 12.2. The fourth-order valence-corrected chi connectivity index (χ4v) is 2.76. The molecule has 1 aromatic heterocycles. The Kier molecular flexibility index (Phi) is 4.75. The molecule has 0 atom stereocenters. The van der Waals surface area contributed by atoms with Crippen LogP contribution in [-0.2, 0) is 11.2 Å². The third-order valence-corrected chi connectivity index (χ3v) is 4.29. The molecule has 1 amide bonds. The monoisotopic (exact) mass is 303 g/mol. The summed E-state index contributed by atoms with van der Waals surface area (Å²) in [5.41, 5.74) is 1.75. The standard InChI is InChI=1S/C16H17NO3S/c1-4-11-6-8-14(21-11)15(18)17-13-7-5-10(2)9-12(13)16(19)20-3/h5-9H,4H2,1-3H3,(H,17,18). The van der Waals surface area contributed by atoms with Gasteiger partial charge in [0.1, 0.15) is 0 Å². The van der Waals surface area contributed by atoms with Crippen LogP contribution in [0.3, 0.4) is 0 Å². The van der Waals surface area contributed by atoms with Gasteiger partial charge in [-0.15, -0.1) is 11.3 Å². The number of hydrogen-bond acceptors (Lipinski definition) is 4. The first-order chi connectivity index (χ1) is 10.0. The fraction of sp³-hybridized carbons (Fsp3) is 0.250. The van der Waals surface area contributed by atoms with Crippen molar-refractivity contribution in [3.05, 3.63) is 51.2 Å². The SMILES string of the molecule is CCc1ccc(C(=O)Nc2ccc(C)cc2C(=O)OC)s1. The van der Waals surface area contributed by atoms with Gasteiger partial charge < -0.3 is 10.1 Å². The number of thiophene rings is 1. The molecule has 0 radical (unpaired) electrons. The normalized spacial score (nSPS) is 10.2. The van der Waals surface area contributed by atoms with Crippen molar-refractivity contribution in [3.8, 4) is 0 Å². The molecule has 0 spiro atoms. The fourth-order valence-electron chi connectivity index (χ4n) is 1.92. The molecule has 110 valence electrons. The van der Waals surface area contributed by atoms with Gasteiger partial charge in [0.2, 0.25) is 0 Å². The van der Waals surface area contributed by atoms with Crippen LogP contribution >= 0.6 is 11.3 Å². The Morgan fingerprint density at radius 2 is 2.00 bits per heavy atom. The van der Waals surface area contributed by atoms with Crippen molar-refractivity contribution < 1.29 is 14.3 Å². The van der Waals surface area contributed by atoms with Gasteiger partial charge in [0.05, 0.1) is 23.2 Å². The van der Waals surface area contributed by atoms with Crippen LogP contribution in [0.15, 0.2) is 30.3 Å². The Bertz CT molecular complexity index is 676. The molecule has 0 saturated heterocycles. The van der Waals surface area contributed by atoms with Gasteiger partial charge in [-0.05, 0) is 37.6 Å². The minimum Gasteiger partial charge on any atom is -0.465 e. The number of methoxy groups -OCH3 is 1. The molecule has 21 heavy (non-hydrogen) atoms. The lowest BCUT2D eigenvalue weighted by atomic mass is 10.1. The summed E-state index contributed by atoms with van der Waals surface area (Å²) in [6.45, 7) is 3.92. The molecule has 0 saturated carbocycles. The van der Waals surface area contributed by atoms with Crippen LogP contribution in [0.4, 0.5) is 5.69 Å². The second-order valence-corrected chi connectivity index (χ2v) is 5.78. The molecule has 2 rings (SSSR count). The van der Waals surface area contributed by atoms with Crippen molar-refractivity contribution in [1.29, 1.82) is 0 Å². The Morgan fingerprint density at radius 1 is 1.24 bits per heavy atom. The molecule has 5 heteroatoms. The first-order valence-electron chi connectivity index (χ1n) is 6.64. The quantitative estimate of drug-likeness (QED) is 0.877. The number of benzene rings is 1. The number of anilines is 1. The van der Waals surface area contributed by atoms with E-state index in [1.165, 1.54) is 18.4 Å². The van der Waals surface area contributed by atoms with Crippen LogP contribution < -0.4 is 5.32 Å². The van der Waals surface area contributed by atoms with Crippen LogP contribution in [0, 0.1) is 6.92 Å².